The number of rotatable bonds is 3. The molecule has 0 saturated carbocycles. The number of ether oxygens (including phenoxy) is 1. The van der Waals surface area contributed by atoms with Crippen LogP contribution in [0.25, 0.3) is 11.3 Å². The molecule has 0 bridgehead atoms. The van der Waals surface area contributed by atoms with Gasteiger partial charge in [0.25, 0.3) is 5.91 Å². The minimum absolute atomic E-state index is 0.202. The first-order valence-electron chi connectivity index (χ1n) is 9.37. The highest BCUT2D eigenvalue weighted by atomic mass is 16.5. The predicted molar refractivity (Wildman–Crippen MR) is 99.2 cm³/mol. The van der Waals surface area contributed by atoms with Gasteiger partial charge in [-0.15, -0.1) is 0 Å². The molecule has 3 heterocycles. The maximum Gasteiger partial charge on any atom is 0.274 e. The number of hydrogen-bond acceptors (Lipinski definition) is 6. The topological polar surface area (TPSA) is 96.6 Å². The fraction of sp³-hybridized carbons (Fsp3) is 0.500. The quantitative estimate of drug-likeness (QED) is 0.760. The number of nitrogens with zero attached hydrogens (tertiary/aromatic N) is 1. The number of benzene rings is 1. The van der Waals surface area contributed by atoms with Crippen molar-refractivity contribution in [3.8, 4) is 11.3 Å². The Hall–Kier alpha value is -2.22. The molecule has 7 heteroatoms. The van der Waals surface area contributed by atoms with Crippen molar-refractivity contribution in [1.29, 1.82) is 0 Å². The Kier molecular flexibility index (Phi) is 4.75. The molecule has 2 saturated heterocycles. The van der Waals surface area contributed by atoms with Gasteiger partial charge in [0, 0.05) is 18.1 Å². The monoisotopic (exact) mass is 371 g/mol. The molecule has 0 unspecified atom stereocenters. The number of aromatic nitrogens is 1. The van der Waals surface area contributed by atoms with Crippen LogP contribution in [0.3, 0.4) is 0 Å². The van der Waals surface area contributed by atoms with Crippen LogP contribution in [0, 0.1) is 0 Å². The number of nitrogens with one attached hydrogen (secondary N) is 2. The zero-order valence-electron chi connectivity index (χ0n) is 15.4. The van der Waals surface area contributed by atoms with Crippen LogP contribution in [0.1, 0.15) is 36.7 Å². The standard InChI is InChI=1S/C20H25N3O4/c1-19(13-20(26-12-17(19)24)7-9-21-10-8-20)22-18(25)15-11-16(27-23-15)14-5-3-2-4-6-14/h2-6,11,17,21,24H,7-10,12-13H2,1H3,(H,22,25)/t17-,19-/m0/s1. The summed E-state index contributed by atoms with van der Waals surface area (Å²) in [4.78, 5) is 12.8. The first kappa shape index (κ1) is 18.2. The molecule has 1 amide bonds. The zero-order valence-corrected chi connectivity index (χ0v) is 15.4. The summed E-state index contributed by atoms with van der Waals surface area (Å²) >= 11 is 0. The van der Waals surface area contributed by atoms with Gasteiger partial charge in [0.05, 0.1) is 17.7 Å². The molecule has 2 aliphatic heterocycles. The van der Waals surface area contributed by atoms with Gasteiger partial charge in [0.15, 0.2) is 11.5 Å². The molecule has 0 radical (unpaired) electrons. The van der Waals surface area contributed by atoms with Crippen LogP contribution >= 0.6 is 0 Å². The molecule has 2 aromatic rings. The van der Waals surface area contributed by atoms with Crippen molar-refractivity contribution >= 4 is 5.91 Å². The van der Waals surface area contributed by atoms with E-state index in [1.165, 1.54) is 0 Å². The predicted octanol–water partition coefficient (Wildman–Crippen LogP) is 1.73. The lowest BCUT2D eigenvalue weighted by atomic mass is 9.75. The molecule has 0 aliphatic carbocycles. The average molecular weight is 371 g/mol. The van der Waals surface area contributed by atoms with E-state index < -0.39 is 11.6 Å². The Morgan fingerprint density at radius 3 is 2.78 bits per heavy atom. The summed E-state index contributed by atoms with van der Waals surface area (Å²) in [5, 5.41) is 20.7. The number of hydrogen-bond donors (Lipinski definition) is 3. The van der Waals surface area contributed by atoms with Gasteiger partial charge in [-0.25, -0.2) is 0 Å². The number of amides is 1. The van der Waals surface area contributed by atoms with Gasteiger partial charge < -0.3 is 25.0 Å². The summed E-state index contributed by atoms with van der Waals surface area (Å²) in [5.74, 6) is 0.182. The van der Waals surface area contributed by atoms with Gasteiger partial charge in [-0.3, -0.25) is 4.79 Å². The second-order valence-electron chi connectivity index (χ2n) is 7.75. The van der Waals surface area contributed by atoms with Gasteiger partial charge in [-0.05, 0) is 32.9 Å². The van der Waals surface area contributed by atoms with E-state index in [0.29, 0.717) is 12.2 Å². The highest BCUT2D eigenvalue weighted by Gasteiger charge is 2.49. The maximum atomic E-state index is 12.8. The Balaban J connectivity index is 1.50. The van der Waals surface area contributed by atoms with Gasteiger partial charge in [-0.2, -0.15) is 0 Å². The lowest BCUT2D eigenvalue weighted by Gasteiger charge is -2.50. The second-order valence-corrected chi connectivity index (χ2v) is 7.75. The van der Waals surface area contributed by atoms with E-state index in [1.807, 2.05) is 37.3 Å². The molecule has 1 spiro atoms. The van der Waals surface area contributed by atoms with E-state index in [-0.39, 0.29) is 23.8 Å². The van der Waals surface area contributed by atoms with Gasteiger partial charge in [-0.1, -0.05) is 35.5 Å². The lowest BCUT2D eigenvalue weighted by molar-refractivity contribution is -0.169. The van der Waals surface area contributed by atoms with Crippen molar-refractivity contribution in [3.05, 3.63) is 42.1 Å². The van der Waals surface area contributed by atoms with Crippen molar-refractivity contribution in [2.75, 3.05) is 19.7 Å². The van der Waals surface area contributed by atoms with E-state index in [0.717, 1.165) is 31.5 Å². The van der Waals surface area contributed by atoms with Crippen LogP contribution in [0.2, 0.25) is 0 Å². The molecule has 4 rings (SSSR count). The third kappa shape index (κ3) is 3.63. The molecule has 2 fully saturated rings. The molecule has 7 nitrogen and oxygen atoms in total. The van der Waals surface area contributed by atoms with Crippen molar-refractivity contribution in [1.82, 2.24) is 15.8 Å². The molecule has 2 aliphatic rings. The van der Waals surface area contributed by atoms with E-state index >= 15 is 0 Å². The summed E-state index contributed by atoms with van der Waals surface area (Å²) in [7, 11) is 0. The molecule has 1 aromatic heterocycles. The number of carbonyl (C=O) groups excluding carboxylic acids is 1. The third-order valence-electron chi connectivity index (χ3n) is 5.69. The summed E-state index contributed by atoms with van der Waals surface area (Å²) in [6.07, 6.45) is 1.53. The van der Waals surface area contributed by atoms with E-state index in [1.54, 1.807) is 6.07 Å². The summed E-state index contributed by atoms with van der Waals surface area (Å²) in [6, 6.07) is 11.1. The van der Waals surface area contributed by atoms with E-state index in [4.69, 9.17) is 9.26 Å². The van der Waals surface area contributed by atoms with Gasteiger partial charge >= 0.3 is 0 Å². The summed E-state index contributed by atoms with van der Waals surface area (Å²) in [6.45, 7) is 3.85. The van der Waals surface area contributed by atoms with Crippen LogP contribution in [0.15, 0.2) is 40.9 Å². The van der Waals surface area contributed by atoms with Crippen LogP contribution in [0.5, 0.6) is 0 Å². The Labute approximate surface area is 158 Å². The average Bonchev–Trinajstić information content (AvgIpc) is 3.17. The van der Waals surface area contributed by atoms with Crippen molar-refractivity contribution in [2.24, 2.45) is 0 Å². The molecule has 144 valence electrons. The maximum absolute atomic E-state index is 12.8. The van der Waals surface area contributed by atoms with Crippen molar-refractivity contribution < 1.29 is 19.2 Å². The number of aliphatic hydroxyl groups is 1. The minimum Gasteiger partial charge on any atom is -0.388 e. The zero-order chi connectivity index (χ0) is 18.9. The molecular formula is C20H25N3O4. The second kappa shape index (κ2) is 7.07. The minimum atomic E-state index is -0.779. The molecular weight excluding hydrogens is 346 g/mol. The highest BCUT2D eigenvalue weighted by molar-refractivity contribution is 5.93. The SMILES string of the molecule is C[C@]1(NC(=O)c2cc(-c3ccccc3)on2)CC2(CCNCC2)OC[C@@H]1O. The third-order valence-corrected chi connectivity index (χ3v) is 5.69. The molecule has 27 heavy (non-hydrogen) atoms. The normalized spacial score (nSPS) is 27.4. The van der Waals surface area contributed by atoms with Crippen molar-refractivity contribution in [2.45, 2.75) is 43.4 Å². The molecule has 2 atom stereocenters. The van der Waals surface area contributed by atoms with Gasteiger partial charge in [0.2, 0.25) is 0 Å². The van der Waals surface area contributed by atoms with E-state index in [2.05, 4.69) is 15.8 Å². The largest absolute Gasteiger partial charge is 0.388 e. The smallest absolute Gasteiger partial charge is 0.274 e. The van der Waals surface area contributed by atoms with Gasteiger partial charge in [0.1, 0.15) is 6.10 Å². The fourth-order valence-electron chi connectivity index (χ4n) is 4.05. The Bertz CT molecular complexity index is 801. The summed E-state index contributed by atoms with van der Waals surface area (Å²) < 4.78 is 11.3. The van der Waals surface area contributed by atoms with Crippen LogP contribution in [-0.2, 0) is 4.74 Å². The highest BCUT2D eigenvalue weighted by Crippen LogP contribution is 2.38. The Morgan fingerprint density at radius 1 is 1.30 bits per heavy atom. The number of aliphatic hydroxyl groups excluding tert-OH is 1. The molecule has 3 N–H and O–H groups in total. The first-order chi connectivity index (χ1) is 13.0. The summed E-state index contributed by atoms with van der Waals surface area (Å²) in [5.41, 5.74) is -0.0208. The number of piperidine rings is 1. The van der Waals surface area contributed by atoms with Crippen LogP contribution in [0.4, 0.5) is 0 Å². The number of carbonyl (C=O) groups is 1. The first-order valence-corrected chi connectivity index (χ1v) is 9.37. The lowest BCUT2D eigenvalue weighted by Crippen LogP contribution is -2.65. The van der Waals surface area contributed by atoms with Crippen LogP contribution < -0.4 is 10.6 Å². The van der Waals surface area contributed by atoms with Crippen LogP contribution in [-0.4, -0.2) is 53.1 Å². The Morgan fingerprint density at radius 2 is 2.04 bits per heavy atom. The fourth-order valence-corrected chi connectivity index (χ4v) is 4.05. The van der Waals surface area contributed by atoms with Crippen molar-refractivity contribution in [3.63, 3.8) is 0 Å². The molecule has 1 aromatic carbocycles. The van der Waals surface area contributed by atoms with E-state index in [9.17, 15) is 9.90 Å².